The largest absolute Gasteiger partial charge is 0.507 e. The van der Waals surface area contributed by atoms with Crippen LogP contribution in [0.3, 0.4) is 0 Å². The minimum absolute atomic E-state index is 0.291. The van der Waals surface area contributed by atoms with E-state index in [9.17, 15) is 14.7 Å². The zero-order valence-corrected chi connectivity index (χ0v) is 12.9. The monoisotopic (exact) mass is 293 g/mol. The van der Waals surface area contributed by atoms with Gasteiger partial charge in [-0.1, -0.05) is 20.8 Å². The maximum absolute atomic E-state index is 11.4. The van der Waals surface area contributed by atoms with Gasteiger partial charge in [0.15, 0.2) is 0 Å². The average Bonchev–Trinajstić information content (AvgIpc) is 2.74. The molecule has 0 spiro atoms. The number of carbonyl (C=O) groups is 2. The molecule has 1 aromatic carbocycles. The Labute approximate surface area is 123 Å². The molecule has 20 heavy (non-hydrogen) atoms. The fraction of sp³-hybridized carbons (Fsp3) is 0.333. The normalized spacial score (nSPS) is 15.9. The quantitative estimate of drug-likeness (QED) is 0.817. The van der Waals surface area contributed by atoms with Gasteiger partial charge in [0.2, 0.25) is 0 Å². The maximum Gasteiger partial charge on any atom is 0.290 e. The Hall–Kier alpha value is -1.75. The minimum atomic E-state index is -0.367. The number of thioether (sulfide) groups is 1. The number of imide groups is 1. The van der Waals surface area contributed by atoms with Crippen LogP contribution in [0.2, 0.25) is 0 Å². The molecule has 1 aliphatic rings. The lowest BCUT2D eigenvalue weighted by Gasteiger charge is -2.07. The highest BCUT2D eigenvalue weighted by Gasteiger charge is 2.25. The third kappa shape index (κ3) is 3.63. The summed E-state index contributed by atoms with van der Waals surface area (Å²) in [5, 5.41) is 11.7. The van der Waals surface area contributed by atoms with Crippen molar-refractivity contribution >= 4 is 29.0 Å². The van der Waals surface area contributed by atoms with Crippen LogP contribution in [-0.2, 0) is 11.2 Å². The van der Waals surface area contributed by atoms with Crippen LogP contribution in [0, 0.1) is 6.92 Å². The predicted molar refractivity (Wildman–Crippen MR) is 82.7 cm³/mol. The molecule has 2 rings (SSSR count). The van der Waals surface area contributed by atoms with E-state index < -0.39 is 0 Å². The summed E-state index contributed by atoms with van der Waals surface area (Å²) in [6.45, 7) is 7.76. The van der Waals surface area contributed by atoms with Crippen LogP contribution in [0.5, 0.6) is 5.75 Å². The van der Waals surface area contributed by atoms with E-state index in [2.05, 4.69) is 5.32 Å². The Morgan fingerprint density at radius 1 is 1.30 bits per heavy atom. The van der Waals surface area contributed by atoms with E-state index in [0.717, 1.165) is 28.5 Å². The van der Waals surface area contributed by atoms with Crippen molar-refractivity contribution < 1.29 is 14.7 Å². The molecule has 0 atom stereocenters. The summed E-state index contributed by atoms with van der Waals surface area (Å²) < 4.78 is 0. The van der Waals surface area contributed by atoms with Crippen LogP contribution in [0.4, 0.5) is 4.79 Å². The number of rotatable bonds is 2. The molecule has 0 saturated carbocycles. The second kappa shape index (κ2) is 7.14. The topological polar surface area (TPSA) is 66.4 Å². The number of phenols is 1. The molecule has 0 bridgehead atoms. The SMILES string of the molecule is CC.CCc1cc(/C=C2\SC(=O)NC2=O)cc(C)c1O. The molecule has 2 N–H and O–H groups in total. The molecule has 0 radical (unpaired) electrons. The van der Waals surface area contributed by atoms with Crippen molar-refractivity contribution in [2.24, 2.45) is 0 Å². The number of carbonyl (C=O) groups excluding carboxylic acids is 2. The van der Waals surface area contributed by atoms with Gasteiger partial charge < -0.3 is 5.11 Å². The van der Waals surface area contributed by atoms with Crippen LogP contribution in [-0.4, -0.2) is 16.3 Å². The van der Waals surface area contributed by atoms with Gasteiger partial charge in [-0.15, -0.1) is 0 Å². The lowest BCUT2D eigenvalue weighted by molar-refractivity contribution is -0.115. The Bertz CT molecular complexity index is 564. The van der Waals surface area contributed by atoms with E-state index in [1.54, 1.807) is 12.1 Å². The molecule has 1 aliphatic heterocycles. The van der Waals surface area contributed by atoms with Crippen molar-refractivity contribution in [2.75, 3.05) is 0 Å². The number of benzene rings is 1. The summed E-state index contributed by atoms with van der Waals surface area (Å²) in [6, 6.07) is 3.62. The van der Waals surface area contributed by atoms with Gasteiger partial charge >= 0.3 is 0 Å². The van der Waals surface area contributed by atoms with E-state index in [1.165, 1.54) is 0 Å². The summed E-state index contributed by atoms with van der Waals surface area (Å²) >= 11 is 0.891. The average molecular weight is 293 g/mol. The molecule has 1 fully saturated rings. The Balaban J connectivity index is 0.000000956. The number of hydrogen-bond acceptors (Lipinski definition) is 4. The van der Waals surface area contributed by atoms with Crippen LogP contribution in [0.1, 0.15) is 37.5 Å². The number of nitrogens with one attached hydrogen (secondary N) is 1. The first-order chi connectivity index (χ1) is 9.51. The van der Waals surface area contributed by atoms with Gasteiger partial charge in [-0.05, 0) is 60.0 Å². The van der Waals surface area contributed by atoms with Crippen LogP contribution >= 0.6 is 11.8 Å². The highest BCUT2D eigenvalue weighted by molar-refractivity contribution is 8.18. The van der Waals surface area contributed by atoms with E-state index >= 15 is 0 Å². The molecule has 108 valence electrons. The molecule has 0 unspecified atom stereocenters. The molecule has 5 heteroatoms. The minimum Gasteiger partial charge on any atom is -0.507 e. The van der Waals surface area contributed by atoms with Gasteiger partial charge in [0.1, 0.15) is 5.75 Å². The van der Waals surface area contributed by atoms with Gasteiger partial charge in [0.05, 0.1) is 4.91 Å². The molecule has 4 nitrogen and oxygen atoms in total. The Morgan fingerprint density at radius 2 is 1.95 bits per heavy atom. The standard InChI is InChI=1S/C13H13NO3S.C2H6/c1-3-9-5-8(4-7(2)11(9)15)6-10-12(16)14-13(17)18-10;1-2/h4-6,15H,3H2,1-2H3,(H,14,16,17);1-2H3/b10-6-;. The summed E-state index contributed by atoms with van der Waals surface area (Å²) in [4.78, 5) is 22.9. The fourth-order valence-electron chi connectivity index (χ4n) is 1.81. The zero-order chi connectivity index (χ0) is 15.3. The van der Waals surface area contributed by atoms with Crippen LogP contribution in [0.25, 0.3) is 6.08 Å². The van der Waals surface area contributed by atoms with E-state index in [1.807, 2.05) is 33.8 Å². The van der Waals surface area contributed by atoms with E-state index in [4.69, 9.17) is 0 Å². The highest BCUT2D eigenvalue weighted by atomic mass is 32.2. The summed E-state index contributed by atoms with van der Waals surface area (Å²) in [5.74, 6) is -0.0759. The first-order valence-corrected chi connectivity index (χ1v) is 7.40. The Kier molecular flexibility index (Phi) is 5.82. The van der Waals surface area contributed by atoms with Crippen molar-refractivity contribution in [3.8, 4) is 5.75 Å². The first-order valence-electron chi connectivity index (χ1n) is 6.58. The van der Waals surface area contributed by atoms with Crippen molar-refractivity contribution in [1.29, 1.82) is 0 Å². The molecular weight excluding hydrogens is 274 g/mol. The second-order valence-corrected chi connectivity index (χ2v) is 5.07. The lowest BCUT2D eigenvalue weighted by atomic mass is 10.0. The molecule has 0 aliphatic carbocycles. The molecule has 2 amide bonds. The number of phenolic OH excluding ortho intramolecular Hbond substituents is 1. The third-order valence-corrected chi connectivity index (χ3v) is 3.53. The summed E-state index contributed by atoms with van der Waals surface area (Å²) in [6.07, 6.45) is 2.37. The molecular formula is C15H19NO3S. The molecule has 1 aromatic rings. The van der Waals surface area contributed by atoms with Crippen LogP contribution in [0.15, 0.2) is 17.0 Å². The molecule has 0 aromatic heterocycles. The zero-order valence-electron chi connectivity index (χ0n) is 12.1. The van der Waals surface area contributed by atoms with Crippen molar-refractivity contribution in [1.82, 2.24) is 5.32 Å². The smallest absolute Gasteiger partial charge is 0.290 e. The van der Waals surface area contributed by atoms with Gasteiger partial charge in [0.25, 0.3) is 11.1 Å². The maximum atomic E-state index is 11.4. The number of aryl methyl sites for hydroxylation is 2. The van der Waals surface area contributed by atoms with E-state index in [-0.39, 0.29) is 11.1 Å². The third-order valence-electron chi connectivity index (χ3n) is 2.72. The lowest BCUT2D eigenvalue weighted by Crippen LogP contribution is -2.17. The van der Waals surface area contributed by atoms with Gasteiger partial charge in [-0.25, -0.2) is 0 Å². The van der Waals surface area contributed by atoms with Gasteiger partial charge in [0, 0.05) is 0 Å². The predicted octanol–water partition coefficient (Wildman–Crippen LogP) is 3.61. The summed E-state index contributed by atoms with van der Waals surface area (Å²) in [5.41, 5.74) is 2.40. The Morgan fingerprint density at radius 3 is 2.45 bits per heavy atom. The second-order valence-electron chi connectivity index (χ2n) is 4.05. The molecule has 1 saturated heterocycles. The van der Waals surface area contributed by atoms with Crippen molar-refractivity contribution in [3.05, 3.63) is 33.7 Å². The number of aromatic hydroxyl groups is 1. The highest BCUT2D eigenvalue weighted by Crippen LogP contribution is 2.29. The fourth-order valence-corrected chi connectivity index (χ4v) is 2.49. The van der Waals surface area contributed by atoms with Gasteiger partial charge in [-0.2, -0.15) is 0 Å². The molecule has 1 heterocycles. The first kappa shape index (κ1) is 16.3. The van der Waals surface area contributed by atoms with Crippen molar-refractivity contribution in [2.45, 2.75) is 34.1 Å². The van der Waals surface area contributed by atoms with Crippen molar-refractivity contribution in [3.63, 3.8) is 0 Å². The number of hydrogen-bond donors (Lipinski definition) is 2. The van der Waals surface area contributed by atoms with Crippen LogP contribution < -0.4 is 5.32 Å². The van der Waals surface area contributed by atoms with Gasteiger partial charge in [-0.3, -0.25) is 14.9 Å². The van der Waals surface area contributed by atoms with E-state index in [0.29, 0.717) is 17.1 Å². The summed E-state index contributed by atoms with van der Waals surface area (Å²) in [7, 11) is 0. The number of amides is 2.